The van der Waals surface area contributed by atoms with Crippen LogP contribution in [0.1, 0.15) is 30.9 Å². The number of carbonyl (C=O) groups is 2. The lowest BCUT2D eigenvalue weighted by molar-refractivity contribution is -0.137. The number of hydrogen-bond acceptors (Lipinski definition) is 3. The number of urea groups is 1. The fourth-order valence-electron chi connectivity index (χ4n) is 4.96. The fourth-order valence-corrected chi connectivity index (χ4v) is 5.48. The third-order valence-corrected chi connectivity index (χ3v) is 7.51. The van der Waals surface area contributed by atoms with Crippen LogP contribution in [0.2, 0.25) is 10.0 Å². The number of carbonyl (C=O) groups excluding carboxylic acids is 2. The van der Waals surface area contributed by atoms with Gasteiger partial charge in [0.25, 0.3) is 0 Å². The number of rotatable bonds is 4. The Morgan fingerprint density at radius 1 is 1.00 bits per heavy atom. The Hall–Kier alpha value is -2.35. The van der Waals surface area contributed by atoms with Gasteiger partial charge in [-0.1, -0.05) is 35.3 Å². The van der Waals surface area contributed by atoms with Crippen molar-refractivity contribution in [3.05, 3.63) is 69.5 Å². The lowest BCUT2D eigenvalue weighted by Crippen LogP contribution is -2.50. The maximum absolute atomic E-state index is 13.8. The van der Waals surface area contributed by atoms with Crippen molar-refractivity contribution in [1.82, 2.24) is 14.7 Å². The zero-order chi connectivity index (χ0) is 25.3. The average molecular weight is 522 g/mol. The highest BCUT2D eigenvalue weighted by Gasteiger charge is 2.44. The first kappa shape index (κ1) is 25.7. The van der Waals surface area contributed by atoms with Crippen molar-refractivity contribution < 1.29 is 18.7 Å². The van der Waals surface area contributed by atoms with Crippen molar-refractivity contribution in [2.75, 3.05) is 46.4 Å². The Kier molecular flexibility index (Phi) is 7.60. The SMILES string of the molecule is CN(C(=O)C(C)(C)c1cc(Cl)cc(Cl)c1)[C@@H]1CN(C(=O)N2CCOCC2)C[C@H]1c1ccc(F)cc1. The van der Waals surface area contributed by atoms with Gasteiger partial charge in [0.05, 0.1) is 24.7 Å². The van der Waals surface area contributed by atoms with E-state index in [0.29, 0.717) is 55.0 Å². The molecular formula is C26H30Cl2FN3O3. The Morgan fingerprint density at radius 3 is 2.20 bits per heavy atom. The van der Waals surface area contributed by atoms with E-state index in [2.05, 4.69) is 0 Å². The highest BCUT2D eigenvalue weighted by Crippen LogP contribution is 2.36. The average Bonchev–Trinajstić information content (AvgIpc) is 3.28. The van der Waals surface area contributed by atoms with Crippen molar-refractivity contribution in [2.45, 2.75) is 31.2 Å². The zero-order valence-corrected chi connectivity index (χ0v) is 21.7. The van der Waals surface area contributed by atoms with Gasteiger partial charge in [-0.05, 0) is 55.3 Å². The molecule has 35 heavy (non-hydrogen) atoms. The van der Waals surface area contributed by atoms with Gasteiger partial charge in [0, 0.05) is 49.2 Å². The van der Waals surface area contributed by atoms with Gasteiger partial charge in [-0.25, -0.2) is 9.18 Å². The van der Waals surface area contributed by atoms with Gasteiger partial charge in [0.2, 0.25) is 5.91 Å². The van der Waals surface area contributed by atoms with E-state index in [9.17, 15) is 14.0 Å². The first-order valence-corrected chi connectivity index (χ1v) is 12.4. The Balaban J connectivity index is 1.62. The largest absolute Gasteiger partial charge is 0.378 e. The number of amides is 3. The normalized spacial score (nSPS) is 20.7. The summed E-state index contributed by atoms with van der Waals surface area (Å²) >= 11 is 12.4. The number of likely N-dealkylation sites (N-methyl/N-ethyl adjacent to an activating group) is 1. The molecule has 2 aromatic carbocycles. The summed E-state index contributed by atoms with van der Waals surface area (Å²) in [7, 11) is 1.76. The van der Waals surface area contributed by atoms with Gasteiger partial charge in [0.15, 0.2) is 0 Å². The number of morpholine rings is 1. The molecule has 2 atom stereocenters. The van der Waals surface area contributed by atoms with Crippen LogP contribution in [0, 0.1) is 5.82 Å². The molecule has 3 amide bonds. The number of likely N-dealkylation sites (tertiary alicyclic amines) is 1. The Labute approximate surface area is 215 Å². The van der Waals surface area contributed by atoms with E-state index in [1.165, 1.54) is 12.1 Å². The lowest BCUT2D eigenvalue weighted by Gasteiger charge is -2.36. The van der Waals surface area contributed by atoms with Crippen LogP contribution in [0.5, 0.6) is 0 Å². The number of hydrogen-bond donors (Lipinski definition) is 0. The summed E-state index contributed by atoms with van der Waals surface area (Å²) in [5.74, 6) is -0.602. The van der Waals surface area contributed by atoms with Crippen molar-refractivity contribution >= 4 is 35.1 Å². The van der Waals surface area contributed by atoms with Crippen LogP contribution >= 0.6 is 23.2 Å². The monoisotopic (exact) mass is 521 g/mol. The summed E-state index contributed by atoms with van der Waals surface area (Å²) in [5.41, 5.74) is 0.694. The predicted octanol–water partition coefficient (Wildman–Crippen LogP) is 4.79. The number of halogens is 3. The third-order valence-electron chi connectivity index (χ3n) is 7.08. The van der Waals surface area contributed by atoms with Gasteiger partial charge >= 0.3 is 6.03 Å². The molecule has 0 radical (unpaired) electrons. The van der Waals surface area contributed by atoms with Crippen LogP contribution in [0.25, 0.3) is 0 Å². The zero-order valence-electron chi connectivity index (χ0n) is 20.1. The Morgan fingerprint density at radius 2 is 1.60 bits per heavy atom. The molecule has 0 saturated carbocycles. The molecule has 2 saturated heterocycles. The van der Waals surface area contributed by atoms with Crippen LogP contribution in [0.4, 0.5) is 9.18 Å². The van der Waals surface area contributed by atoms with Crippen molar-refractivity contribution in [1.29, 1.82) is 0 Å². The van der Waals surface area contributed by atoms with Crippen molar-refractivity contribution in [2.24, 2.45) is 0 Å². The van der Waals surface area contributed by atoms with Gasteiger partial charge in [0.1, 0.15) is 5.82 Å². The van der Waals surface area contributed by atoms with Gasteiger partial charge in [-0.2, -0.15) is 0 Å². The number of nitrogens with zero attached hydrogens (tertiary/aromatic N) is 3. The van der Waals surface area contributed by atoms with Crippen LogP contribution in [0.15, 0.2) is 42.5 Å². The molecule has 2 heterocycles. The predicted molar refractivity (Wildman–Crippen MR) is 135 cm³/mol. The molecule has 0 aliphatic carbocycles. The second kappa shape index (κ2) is 10.3. The summed E-state index contributed by atoms with van der Waals surface area (Å²) < 4.78 is 19.0. The smallest absolute Gasteiger partial charge is 0.320 e. The highest BCUT2D eigenvalue weighted by molar-refractivity contribution is 6.34. The molecular weight excluding hydrogens is 492 g/mol. The van der Waals surface area contributed by atoms with Gasteiger partial charge in [-0.3, -0.25) is 4.79 Å². The number of ether oxygens (including phenoxy) is 1. The van der Waals surface area contributed by atoms with E-state index in [1.807, 2.05) is 13.8 Å². The maximum atomic E-state index is 13.8. The summed E-state index contributed by atoms with van der Waals surface area (Å²) in [5, 5.41) is 0.923. The minimum atomic E-state index is -0.904. The molecule has 0 spiro atoms. The maximum Gasteiger partial charge on any atom is 0.320 e. The van der Waals surface area contributed by atoms with Crippen molar-refractivity contribution in [3.8, 4) is 0 Å². The highest BCUT2D eigenvalue weighted by atomic mass is 35.5. The van der Waals surface area contributed by atoms with E-state index in [4.69, 9.17) is 27.9 Å². The summed E-state index contributed by atoms with van der Waals surface area (Å²) in [6.07, 6.45) is 0. The van der Waals surface area contributed by atoms with E-state index in [1.54, 1.807) is 52.1 Å². The molecule has 9 heteroatoms. The molecule has 2 aromatic rings. The van der Waals surface area contributed by atoms with Crippen LogP contribution < -0.4 is 0 Å². The van der Waals surface area contributed by atoms with Gasteiger partial charge in [-0.15, -0.1) is 0 Å². The van der Waals surface area contributed by atoms with Gasteiger partial charge < -0.3 is 19.4 Å². The Bertz CT molecular complexity index is 1070. The van der Waals surface area contributed by atoms with Crippen molar-refractivity contribution in [3.63, 3.8) is 0 Å². The quantitative estimate of drug-likeness (QED) is 0.581. The van der Waals surface area contributed by atoms with E-state index < -0.39 is 5.41 Å². The van der Waals surface area contributed by atoms with Crippen LogP contribution in [-0.4, -0.2) is 79.1 Å². The lowest BCUT2D eigenvalue weighted by atomic mass is 9.82. The second-order valence-electron chi connectivity index (χ2n) is 9.71. The molecule has 2 aliphatic rings. The van der Waals surface area contributed by atoms with E-state index in [-0.39, 0.29) is 29.7 Å². The van der Waals surface area contributed by atoms with Crippen LogP contribution in [0.3, 0.4) is 0 Å². The third kappa shape index (κ3) is 5.42. The minimum Gasteiger partial charge on any atom is -0.378 e. The summed E-state index contributed by atoms with van der Waals surface area (Å²) in [6.45, 7) is 6.61. The summed E-state index contributed by atoms with van der Waals surface area (Å²) in [6, 6.07) is 11.1. The second-order valence-corrected chi connectivity index (χ2v) is 10.6. The molecule has 6 nitrogen and oxygen atoms in total. The first-order valence-electron chi connectivity index (χ1n) is 11.7. The molecule has 0 bridgehead atoms. The minimum absolute atomic E-state index is 0.0651. The molecule has 0 unspecified atom stereocenters. The molecule has 0 N–H and O–H groups in total. The molecule has 2 aliphatic heterocycles. The molecule has 4 rings (SSSR count). The first-order chi connectivity index (χ1) is 16.6. The van der Waals surface area contributed by atoms with Crippen LogP contribution in [-0.2, 0) is 14.9 Å². The molecule has 2 fully saturated rings. The number of benzene rings is 2. The molecule has 0 aromatic heterocycles. The topological polar surface area (TPSA) is 53.1 Å². The fraction of sp³-hybridized carbons (Fsp3) is 0.462. The van der Waals surface area contributed by atoms with E-state index in [0.717, 1.165) is 5.56 Å². The molecule has 188 valence electrons. The summed E-state index contributed by atoms with van der Waals surface area (Å²) in [4.78, 5) is 32.4. The van der Waals surface area contributed by atoms with E-state index >= 15 is 0 Å². The standard InChI is InChI=1S/C26H30Cl2FN3O3/c1-26(2,18-12-19(27)14-20(28)13-18)24(33)30(3)23-16-32(25(34)31-8-10-35-11-9-31)15-22(23)17-4-6-21(29)7-5-17/h4-7,12-14,22-23H,8-11,15-16H2,1-3H3/t22-,23+/m0/s1.